The second-order valence-electron chi connectivity index (χ2n) is 10.7. The Morgan fingerprint density at radius 2 is 1.93 bits per heavy atom. The van der Waals surface area contributed by atoms with Crippen LogP contribution in [-0.4, -0.2) is 21.0 Å². The Kier molecular flexibility index (Phi) is 4.13. The molecule has 4 saturated carbocycles. The van der Waals surface area contributed by atoms with E-state index < -0.39 is 0 Å². The Morgan fingerprint density at radius 1 is 1.07 bits per heavy atom. The third-order valence-electron chi connectivity index (χ3n) is 9.53. The molecule has 3 nitrogen and oxygen atoms in total. The second-order valence-corrected chi connectivity index (χ2v) is 10.7. The zero-order valence-corrected chi connectivity index (χ0v) is 17.3. The van der Waals surface area contributed by atoms with Gasteiger partial charge in [-0.15, -0.1) is 0 Å². The van der Waals surface area contributed by atoms with Crippen molar-refractivity contribution in [2.75, 3.05) is 0 Å². The maximum atomic E-state index is 11.3. The van der Waals surface area contributed by atoms with Gasteiger partial charge in [0.15, 0.2) is 0 Å². The van der Waals surface area contributed by atoms with E-state index in [4.69, 9.17) is 0 Å². The highest BCUT2D eigenvalue weighted by Crippen LogP contribution is 2.66. The third-order valence-corrected chi connectivity index (χ3v) is 9.53. The van der Waals surface area contributed by atoms with E-state index in [2.05, 4.69) is 31.2 Å². The minimum atomic E-state index is -0.277. The highest BCUT2D eigenvalue weighted by Gasteiger charge is 2.60. The van der Waals surface area contributed by atoms with Crippen LogP contribution in [0.5, 0.6) is 0 Å². The van der Waals surface area contributed by atoms with Crippen molar-refractivity contribution < 1.29 is 5.11 Å². The van der Waals surface area contributed by atoms with Gasteiger partial charge >= 0.3 is 0 Å². The van der Waals surface area contributed by atoms with Crippen LogP contribution < -0.4 is 0 Å². The van der Waals surface area contributed by atoms with Crippen LogP contribution in [0.2, 0.25) is 0 Å². The summed E-state index contributed by atoms with van der Waals surface area (Å²) in [5, 5.41) is 15.6. The summed E-state index contributed by atoms with van der Waals surface area (Å²) in [6, 6.07) is 0. The molecule has 4 aliphatic carbocycles. The normalized spacial score (nSPS) is 48.1. The third kappa shape index (κ3) is 2.60. The van der Waals surface area contributed by atoms with E-state index in [1.807, 2.05) is 17.9 Å². The second kappa shape index (κ2) is 6.20. The number of fused-ring (bicyclic) bond motifs is 5. The molecule has 0 amide bonds. The fourth-order valence-corrected chi connectivity index (χ4v) is 8.02. The van der Waals surface area contributed by atoms with Crippen LogP contribution in [0.25, 0.3) is 6.08 Å². The summed E-state index contributed by atoms with van der Waals surface area (Å²) in [4.78, 5) is 0. The first-order valence-electron chi connectivity index (χ1n) is 11.3. The Bertz CT molecular complexity index is 751. The SMILES string of the molecule is Cn1cc(/C=C2/C[C@H]3[C@@H]4CC[C@@H]5CCCC[C@]5(C)[C@H]4CC[C@]3(C)[C@H]2O)cn1. The van der Waals surface area contributed by atoms with Crippen LogP contribution in [-0.2, 0) is 7.05 Å². The molecule has 5 rings (SSSR count). The summed E-state index contributed by atoms with van der Waals surface area (Å²) in [7, 11) is 1.96. The monoisotopic (exact) mass is 368 g/mol. The van der Waals surface area contributed by atoms with E-state index in [0.717, 1.165) is 29.7 Å². The zero-order chi connectivity index (χ0) is 18.8. The molecule has 148 valence electrons. The van der Waals surface area contributed by atoms with Crippen molar-refractivity contribution in [1.82, 2.24) is 9.78 Å². The predicted octanol–water partition coefficient (Wildman–Crippen LogP) is 5.21. The smallest absolute Gasteiger partial charge is 0.0809 e. The maximum Gasteiger partial charge on any atom is 0.0809 e. The Balaban J connectivity index is 1.45. The van der Waals surface area contributed by atoms with Crippen LogP contribution in [0, 0.1) is 34.5 Å². The molecule has 4 fully saturated rings. The van der Waals surface area contributed by atoms with Gasteiger partial charge in [-0.3, -0.25) is 4.68 Å². The molecular weight excluding hydrogens is 332 g/mol. The fourth-order valence-electron chi connectivity index (χ4n) is 8.02. The van der Waals surface area contributed by atoms with Crippen molar-refractivity contribution in [2.45, 2.75) is 77.7 Å². The lowest BCUT2D eigenvalue weighted by Gasteiger charge is -2.60. The molecule has 1 N–H and O–H groups in total. The van der Waals surface area contributed by atoms with Gasteiger partial charge in [-0.05, 0) is 79.6 Å². The lowest BCUT2D eigenvalue weighted by atomic mass is 9.45. The maximum absolute atomic E-state index is 11.3. The lowest BCUT2D eigenvalue weighted by Crippen LogP contribution is -2.53. The molecule has 0 unspecified atom stereocenters. The van der Waals surface area contributed by atoms with Crippen LogP contribution >= 0.6 is 0 Å². The van der Waals surface area contributed by atoms with Crippen LogP contribution in [0.3, 0.4) is 0 Å². The first-order valence-corrected chi connectivity index (χ1v) is 11.3. The number of aliphatic hydroxyl groups is 1. The Hall–Kier alpha value is -1.09. The van der Waals surface area contributed by atoms with E-state index in [1.54, 1.807) is 0 Å². The summed E-state index contributed by atoms with van der Waals surface area (Å²) < 4.78 is 1.85. The van der Waals surface area contributed by atoms with Crippen LogP contribution in [0.15, 0.2) is 18.0 Å². The van der Waals surface area contributed by atoms with E-state index in [-0.39, 0.29) is 11.5 Å². The van der Waals surface area contributed by atoms with Crippen molar-refractivity contribution in [1.29, 1.82) is 0 Å². The fraction of sp³-hybridized carbons (Fsp3) is 0.792. The van der Waals surface area contributed by atoms with Crippen molar-refractivity contribution in [3.63, 3.8) is 0 Å². The molecule has 27 heavy (non-hydrogen) atoms. The standard InChI is InChI=1S/C24H36N2O/c1-23-10-5-4-6-18(23)7-8-19-20(23)9-11-24(2)21(19)13-17(22(24)27)12-16-14-25-26(3)15-16/h12,14-15,18-22,27H,4-11,13H2,1-3H3/b17-12-/t18-,19+,20-,21-,22-,23-,24-/m0/s1. The molecule has 0 saturated heterocycles. The van der Waals surface area contributed by atoms with E-state index in [1.165, 1.54) is 56.9 Å². The van der Waals surface area contributed by atoms with Crippen molar-refractivity contribution >= 4 is 6.08 Å². The molecule has 1 aromatic rings. The molecule has 3 heteroatoms. The number of hydrogen-bond donors (Lipinski definition) is 1. The average Bonchev–Trinajstić information content (AvgIpc) is 3.16. The molecule has 0 aliphatic heterocycles. The minimum absolute atomic E-state index is 0.0765. The molecule has 1 heterocycles. The van der Waals surface area contributed by atoms with Crippen molar-refractivity contribution in [2.24, 2.45) is 41.5 Å². The summed E-state index contributed by atoms with van der Waals surface area (Å²) in [6.45, 7) is 5.02. The summed E-state index contributed by atoms with van der Waals surface area (Å²) in [6.07, 6.45) is 18.2. The summed E-state index contributed by atoms with van der Waals surface area (Å²) in [5.74, 6) is 3.33. The van der Waals surface area contributed by atoms with Gasteiger partial charge in [0.2, 0.25) is 0 Å². The lowest BCUT2D eigenvalue weighted by molar-refractivity contribution is -0.119. The van der Waals surface area contributed by atoms with Crippen LogP contribution in [0.1, 0.15) is 77.2 Å². The van der Waals surface area contributed by atoms with Gasteiger partial charge in [-0.2, -0.15) is 5.10 Å². The van der Waals surface area contributed by atoms with Gasteiger partial charge in [0, 0.05) is 24.2 Å². The van der Waals surface area contributed by atoms with E-state index in [9.17, 15) is 5.11 Å². The molecule has 0 bridgehead atoms. The molecule has 1 aromatic heterocycles. The van der Waals surface area contributed by atoms with Crippen molar-refractivity contribution in [3.05, 3.63) is 23.5 Å². The molecular formula is C24H36N2O. The molecule has 4 aliphatic rings. The van der Waals surface area contributed by atoms with Crippen molar-refractivity contribution in [3.8, 4) is 0 Å². The van der Waals surface area contributed by atoms with Gasteiger partial charge in [0.05, 0.1) is 12.3 Å². The molecule has 7 atom stereocenters. The molecule has 0 spiro atoms. The van der Waals surface area contributed by atoms with Gasteiger partial charge < -0.3 is 5.11 Å². The first-order chi connectivity index (χ1) is 12.9. The number of aromatic nitrogens is 2. The average molecular weight is 369 g/mol. The van der Waals surface area contributed by atoms with Gasteiger partial charge in [0.25, 0.3) is 0 Å². The van der Waals surface area contributed by atoms with Gasteiger partial charge in [0.1, 0.15) is 0 Å². The summed E-state index contributed by atoms with van der Waals surface area (Å²) >= 11 is 0. The Morgan fingerprint density at radius 3 is 2.70 bits per heavy atom. The number of aryl methyl sites for hydroxylation is 1. The molecule has 0 aromatic carbocycles. The van der Waals surface area contributed by atoms with Gasteiger partial charge in [-0.1, -0.05) is 32.8 Å². The highest BCUT2D eigenvalue weighted by atomic mass is 16.3. The quantitative estimate of drug-likeness (QED) is 0.739. The number of nitrogens with zero attached hydrogens (tertiary/aromatic N) is 2. The minimum Gasteiger partial charge on any atom is -0.388 e. The zero-order valence-electron chi connectivity index (χ0n) is 17.3. The Labute approximate surface area is 164 Å². The topological polar surface area (TPSA) is 38.0 Å². The first kappa shape index (κ1) is 18.0. The van der Waals surface area contributed by atoms with E-state index in [0.29, 0.717) is 11.3 Å². The largest absolute Gasteiger partial charge is 0.388 e. The number of rotatable bonds is 1. The van der Waals surface area contributed by atoms with E-state index >= 15 is 0 Å². The van der Waals surface area contributed by atoms with Gasteiger partial charge in [-0.25, -0.2) is 0 Å². The molecule has 0 radical (unpaired) electrons. The number of aliphatic hydroxyl groups excluding tert-OH is 1. The van der Waals surface area contributed by atoms with Crippen LogP contribution in [0.4, 0.5) is 0 Å². The summed E-state index contributed by atoms with van der Waals surface area (Å²) in [5.41, 5.74) is 3.04. The number of hydrogen-bond acceptors (Lipinski definition) is 2. The highest BCUT2D eigenvalue weighted by molar-refractivity contribution is 5.54. The predicted molar refractivity (Wildman–Crippen MR) is 109 cm³/mol.